The van der Waals surface area contributed by atoms with E-state index in [0.717, 1.165) is 22.0 Å². The molecule has 4 rings (SSSR count). The van der Waals surface area contributed by atoms with Gasteiger partial charge in [0.05, 0.1) is 24.8 Å². The van der Waals surface area contributed by atoms with Crippen LogP contribution in [0.2, 0.25) is 5.02 Å². The molecule has 248 valence electrons. The smallest absolute Gasteiger partial charge is 0.264 e. The van der Waals surface area contributed by atoms with Crippen molar-refractivity contribution in [3.8, 4) is 11.5 Å². The van der Waals surface area contributed by atoms with Crippen molar-refractivity contribution in [2.75, 3.05) is 31.6 Å². The average Bonchev–Trinajstić information content (AvgIpc) is 3.08. The summed E-state index contributed by atoms with van der Waals surface area (Å²) in [5, 5.41) is 3.34. The van der Waals surface area contributed by atoms with Gasteiger partial charge in [-0.2, -0.15) is 0 Å². The molecule has 1 N–H and O–H groups in total. The lowest BCUT2D eigenvalue weighted by Gasteiger charge is -2.34. The molecule has 0 aliphatic heterocycles. The van der Waals surface area contributed by atoms with Crippen molar-refractivity contribution < 1.29 is 31.9 Å². The summed E-state index contributed by atoms with van der Waals surface area (Å²) < 4.78 is 54.0. The van der Waals surface area contributed by atoms with Crippen LogP contribution in [0.5, 0.6) is 11.5 Å². The molecule has 0 aliphatic rings. The van der Waals surface area contributed by atoms with Crippen molar-refractivity contribution >= 4 is 39.1 Å². The van der Waals surface area contributed by atoms with E-state index in [1.807, 2.05) is 37.3 Å². The summed E-state index contributed by atoms with van der Waals surface area (Å²) >= 11 is 6.28. The Kier molecular flexibility index (Phi) is 12.2. The van der Waals surface area contributed by atoms with E-state index < -0.39 is 34.3 Å². The number of benzene rings is 4. The second-order valence-corrected chi connectivity index (χ2v) is 13.0. The molecular formula is C35H37ClFN3O6S. The van der Waals surface area contributed by atoms with E-state index >= 15 is 0 Å². The molecule has 0 saturated carbocycles. The summed E-state index contributed by atoms with van der Waals surface area (Å²) in [5.74, 6) is -1.16. The Morgan fingerprint density at radius 1 is 0.872 bits per heavy atom. The molecular weight excluding hydrogens is 645 g/mol. The second-order valence-electron chi connectivity index (χ2n) is 10.7. The first-order valence-electron chi connectivity index (χ1n) is 14.9. The summed E-state index contributed by atoms with van der Waals surface area (Å²) in [5.41, 5.74) is 1.50. The standard InChI is InChI=1S/C35H37ClFN3O6S/c1-4-19-38-35(42)31(21-25-9-6-5-7-10-25)39(23-26-11-8-12-27(36)20-26)34(41)24-40(29-15-13-28(37)14-16-29)47(43,44)30-17-18-32(45-2)33(22-30)46-3/h5-18,20,22,31H,4,19,21,23-24H2,1-3H3,(H,38,42). The first-order chi connectivity index (χ1) is 22.6. The van der Waals surface area contributed by atoms with Gasteiger partial charge in [0.2, 0.25) is 11.8 Å². The molecule has 1 atom stereocenters. The van der Waals surface area contributed by atoms with Crippen LogP contribution >= 0.6 is 11.6 Å². The largest absolute Gasteiger partial charge is 0.493 e. The number of sulfonamides is 1. The summed E-state index contributed by atoms with van der Waals surface area (Å²) in [6, 6.07) is 23.9. The van der Waals surface area contributed by atoms with Crippen LogP contribution in [0.15, 0.2) is 102 Å². The molecule has 0 aliphatic carbocycles. The third-order valence-corrected chi connectivity index (χ3v) is 9.40. The van der Waals surface area contributed by atoms with Gasteiger partial charge in [-0.3, -0.25) is 13.9 Å². The molecule has 0 fully saturated rings. The van der Waals surface area contributed by atoms with E-state index in [1.54, 1.807) is 24.3 Å². The maximum Gasteiger partial charge on any atom is 0.264 e. The number of carbonyl (C=O) groups excluding carboxylic acids is 2. The zero-order valence-corrected chi connectivity index (χ0v) is 27.9. The minimum atomic E-state index is -4.45. The van der Waals surface area contributed by atoms with Crippen LogP contribution in [0.4, 0.5) is 10.1 Å². The highest BCUT2D eigenvalue weighted by Gasteiger charge is 2.35. The quantitative estimate of drug-likeness (QED) is 0.169. The van der Waals surface area contributed by atoms with E-state index in [-0.39, 0.29) is 35.2 Å². The highest BCUT2D eigenvalue weighted by Crippen LogP contribution is 2.32. The number of carbonyl (C=O) groups is 2. The monoisotopic (exact) mass is 681 g/mol. The Morgan fingerprint density at radius 2 is 1.55 bits per heavy atom. The fraction of sp³-hybridized carbons (Fsp3) is 0.257. The number of rotatable bonds is 15. The topological polar surface area (TPSA) is 105 Å². The van der Waals surface area contributed by atoms with Gasteiger partial charge in [0.15, 0.2) is 11.5 Å². The van der Waals surface area contributed by atoms with Crippen molar-refractivity contribution in [1.29, 1.82) is 0 Å². The predicted octanol–water partition coefficient (Wildman–Crippen LogP) is 5.86. The third kappa shape index (κ3) is 9.02. The normalized spacial score (nSPS) is 11.8. The van der Waals surface area contributed by atoms with Gasteiger partial charge in [-0.25, -0.2) is 12.8 Å². The Hall–Kier alpha value is -4.61. The van der Waals surface area contributed by atoms with Gasteiger partial charge in [0, 0.05) is 30.6 Å². The first-order valence-corrected chi connectivity index (χ1v) is 16.7. The number of hydrogen-bond acceptors (Lipinski definition) is 6. The van der Waals surface area contributed by atoms with Gasteiger partial charge in [-0.1, -0.05) is 61.0 Å². The van der Waals surface area contributed by atoms with Gasteiger partial charge in [-0.15, -0.1) is 0 Å². The SMILES string of the molecule is CCCNC(=O)C(Cc1ccccc1)N(Cc1cccc(Cl)c1)C(=O)CN(c1ccc(F)cc1)S(=O)(=O)c1ccc(OC)c(OC)c1. The van der Waals surface area contributed by atoms with E-state index in [4.69, 9.17) is 21.1 Å². The highest BCUT2D eigenvalue weighted by atomic mass is 35.5. The molecule has 0 saturated heterocycles. The second kappa shape index (κ2) is 16.3. The zero-order valence-electron chi connectivity index (χ0n) is 26.4. The molecule has 9 nitrogen and oxygen atoms in total. The highest BCUT2D eigenvalue weighted by molar-refractivity contribution is 7.92. The van der Waals surface area contributed by atoms with E-state index in [0.29, 0.717) is 29.3 Å². The summed E-state index contributed by atoms with van der Waals surface area (Å²) in [4.78, 5) is 29.4. The minimum Gasteiger partial charge on any atom is -0.493 e. The Labute approximate surface area is 279 Å². The maximum absolute atomic E-state index is 14.5. The number of nitrogens with one attached hydrogen (secondary N) is 1. The third-order valence-electron chi connectivity index (χ3n) is 7.40. The summed E-state index contributed by atoms with van der Waals surface area (Å²) in [6.07, 6.45) is 0.843. The molecule has 2 amide bonds. The molecule has 0 heterocycles. The molecule has 0 spiro atoms. The van der Waals surface area contributed by atoms with E-state index in [2.05, 4.69) is 5.32 Å². The molecule has 12 heteroatoms. The van der Waals surface area contributed by atoms with Gasteiger partial charge >= 0.3 is 0 Å². The lowest BCUT2D eigenvalue weighted by atomic mass is 10.0. The van der Waals surface area contributed by atoms with Crippen LogP contribution in [0.25, 0.3) is 0 Å². The van der Waals surface area contributed by atoms with Crippen molar-refractivity contribution in [3.05, 3.63) is 119 Å². The fourth-order valence-electron chi connectivity index (χ4n) is 4.99. The van der Waals surface area contributed by atoms with Crippen LogP contribution < -0.4 is 19.1 Å². The molecule has 4 aromatic carbocycles. The van der Waals surface area contributed by atoms with E-state index in [1.165, 1.54) is 49.5 Å². The minimum absolute atomic E-state index is 0.0376. The average molecular weight is 682 g/mol. The molecule has 4 aromatic rings. The van der Waals surface area contributed by atoms with Crippen molar-refractivity contribution in [1.82, 2.24) is 10.2 Å². The van der Waals surface area contributed by atoms with Crippen molar-refractivity contribution in [2.45, 2.75) is 37.2 Å². The van der Waals surface area contributed by atoms with E-state index in [9.17, 15) is 22.4 Å². The number of methoxy groups -OCH3 is 2. The Bertz CT molecular complexity index is 1770. The first kappa shape index (κ1) is 35.2. The van der Waals surface area contributed by atoms with Crippen LogP contribution in [0, 0.1) is 5.82 Å². The molecule has 0 aromatic heterocycles. The lowest BCUT2D eigenvalue weighted by Crippen LogP contribution is -2.53. The molecule has 47 heavy (non-hydrogen) atoms. The van der Waals surface area contributed by atoms with Gasteiger partial charge in [0.1, 0.15) is 18.4 Å². The number of anilines is 1. The van der Waals surface area contributed by atoms with Crippen LogP contribution in [0.3, 0.4) is 0 Å². The van der Waals surface area contributed by atoms with Gasteiger partial charge in [-0.05, 0) is 66.1 Å². The Morgan fingerprint density at radius 3 is 2.19 bits per heavy atom. The van der Waals surface area contributed by atoms with Gasteiger partial charge < -0.3 is 19.7 Å². The zero-order chi connectivity index (χ0) is 34.0. The van der Waals surface area contributed by atoms with Gasteiger partial charge in [0.25, 0.3) is 10.0 Å². The number of nitrogens with zero attached hydrogens (tertiary/aromatic N) is 2. The number of halogens is 2. The number of ether oxygens (including phenoxy) is 2. The van der Waals surface area contributed by atoms with Crippen LogP contribution in [-0.2, 0) is 32.6 Å². The number of amides is 2. The van der Waals surface area contributed by atoms with Crippen LogP contribution in [-0.4, -0.2) is 58.5 Å². The Balaban J connectivity index is 1.82. The summed E-state index contributed by atoms with van der Waals surface area (Å²) in [7, 11) is -1.65. The predicted molar refractivity (Wildman–Crippen MR) is 180 cm³/mol. The molecule has 1 unspecified atom stereocenters. The van der Waals surface area contributed by atoms with Crippen molar-refractivity contribution in [3.63, 3.8) is 0 Å². The number of hydrogen-bond donors (Lipinski definition) is 1. The molecule has 0 radical (unpaired) electrons. The molecule has 0 bridgehead atoms. The van der Waals surface area contributed by atoms with Crippen molar-refractivity contribution in [2.24, 2.45) is 0 Å². The fourth-order valence-corrected chi connectivity index (χ4v) is 6.64. The lowest BCUT2D eigenvalue weighted by molar-refractivity contribution is -0.140. The maximum atomic E-state index is 14.5. The van der Waals surface area contributed by atoms with Crippen LogP contribution in [0.1, 0.15) is 24.5 Å². The summed E-state index contributed by atoms with van der Waals surface area (Å²) in [6.45, 7) is 1.57.